The molecular weight excluding hydrogens is 454 g/mol. The fourth-order valence-corrected chi connectivity index (χ4v) is 4.67. The lowest BCUT2D eigenvalue weighted by atomic mass is 9.87. The highest BCUT2D eigenvalue weighted by atomic mass is 16.3. The minimum absolute atomic E-state index is 0.0641. The summed E-state index contributed by atoms with van der Waals surface area (Å²) in [4.78, 5) is 21.9. The van der Waals surface area contributed by atoms with E-state index in [0.29, 0.717) is 37.4 Å². The molecule has 1 aliphatic heterocycles. The average molecular weight is 482 g/mol. The quantitative estimate of drug-likeness (QED) is 0.392. The number of benzene rings is 3. The highest BCUT2D eigenvalue weighted by Gasteiger charge is 2.25. The number of hydrogen-bond acceptors (Lipinski definition) is 6. The molecule has 0 radical (unpaired) electrons. The van der Waals surface area contributed by atoms with Gasteiger partial charge < -0.3 is 25.1 Å². The van der Waals surface area contributed by atoms with Gasteiger partial charge in [0.15, 0.2) is 0 Å². The van der Waals surface area contributed by atoms with Gasteiger partial charge in [-0.25, -0.2) is 0 Å². The van der Waals surface area contributed by atoms with Crippen molar-refractivity contribution < 1.29 is 20.1 Å². The van der Waals surface area contributed by atoms with Crippen molar-refractivity contribution in [1.29, 1.82) is 0 Å². The lowest BCUT2D eigenvalue weighted by Crippen LogP contribution is -2.48. The molecule has 182 valence electrons. The SMILES string of the molecule is O=C(c1ccnc(C(c2ccc(O)cc2)c2ccc(O)cc2)c1)N1CCN(c2ccccc2O)CC1. The number of hydrogen-bond donors (Lipinski definition) is 3. The smallest absolute Gasteiger partial charge is 0.254 e. The van der Waals surface area contributed by atoms with Crippen LogP contribution in [0.2, 0.25) is 0 Å². The third-order valence-electron chi connectivity index (χ3n) is 6.57. The zero-order valence-corrected chi connectivity index (χ0v) is 19.7. The number of carbonyl (C=O) groups excluding carboxylic acids is 1. The molecule has 4 aromatic rings. The minimum Gasteiger partial charge on any atom is -0.508 e. The number of phenols is 3. The standard InChI is InChI=1S/C29H27N3O4/c33-23-9-5-20(6-10-23)28(21-7-11-24(34)12-8-21)25-19-22(13-14-30-25)29(36)32-17-15-31(16-18-32)26-3-1-2-4-27(26)35/h1-14,19,28,33-35H,15-18H2. The maximum absolute atomic E-state index is 13.4. The normalized spacial score (nSPS) is 13.7. The first-order valence-electron chi connectivity index (χ1n) is 11.9. The van der Waals surface area contributed by atoms with Crippen LogP contribution in [0.3, 0.4) is 0 Å². The van der Waals surface area contributed by atoms with Crippen LogP contribution in [-0.4, -0.2) is 57.3 Å². The van der Waals surface area contributed by atoms with Crippen LogP contribution in [0.4, 0.5) is 5.69 Å². The van der Waals surface area contributed by atoms with E-state index in [0.717, 1.165) is 16.8 Å². The van der Waals surface area contributed by atoms with Crippen molar-refractivity contribution in [2.45, 2.75) is 5.92 Å². The highest BCUT2D eigenvalue weighted by molar-refractivity contribution is 5.94. The summed E-state index contributed by atoms with van der Waals surface area (Å²) in [6.07, 6.45) is 1.65. The number of pyridine rings is 1. The number of phenolic OH excluding ortho intramolecular Hbond substituents is 3. The molecule has 1 saturated heterocycles. The molecule has 2 heterocycles. The topological polar surface area (TPSA) is 97.1 Å². The van der Waals surface area contributed by atoms with Gasteiger partial charge in [0, 0.05) is 37.9 Å². The zero-order chi connectivity index (χ0) is 25.1. The fraction of sp³-hybridized carbons (Fsp3) is 0.172. The predicted molar refractivity (Wildman–Crippen MR) is 138 cm³/mol. The van der Waals surface area contributed by atoms with Crippen LogP contribution < -0.4 is 4.90 Å². The van der Waals surface area contributed by atoms with E-state index in [9.17, 15) is 20.1 Å². The molecule has 1 amide bonds. The number of aromatic hydroxyl groups is 3. The molecule has 1 aliphatic rings. The van der Waals surface area contributed by atoms with E-state index in [-0.39, 0.29) is 29.1 Å². The zero-order valence-electron chi connectivity index (χ0n) is 19.7. The molecule has 0 aliphatic carbocycles. The van der Waals surface area contributed by atoms with Crippen LogP contribution in [0.5, 0.6) is 17.2 Å². The minimum atomic E-state index is -0.281. The molecule has 7 heteroatoms. The van der Waals surface area contributed by atoms with Crippen LogP contribution in [0, 0.1) is 0 Å². The fourth-order valence-electron chi connectivity index (χ4n) is 4.67. The Morgan fingerprint density at radius 1 is 0.750 bits per heavy atom. The Labute approximate surface area is 209 Å². The second kappa shape index (κ2) is 10.00. The first-order chi connectivity index (χ1) is 17.5. The summed E-state index contributed by atoms with van der Waals surface area (Å²) in [6, 6.07) is 24.6. The van der Waals surface area contributed by atoms with Gasteiger partial charge in [-0.2, -0.15) is 0 Å². The van der Waals surface area contributed by atoms with Crippen molar-refractivity contribution in [2.75, 3.05) is 31.1 Å². The molecule has 3 aromatic carbocycles. The lowest BCUT2D eigenvalue weighted by Gasteiger charge is -2.36. The van der Waals surface area contributed by atoms with Gasteiger partial charge in [0.05, 0.1) is 17.3 Å². The summed E-state index contributed by atoms with van der Waals surface area (Å²) in [5.41, 5.74) is 3.85. The molecule has 0 atom stereocenters. The maximum Gasteiger partial charge on any atom is 0.254 e. The van der Waals surface area contributed by atoms with Crippen molar-refractivity contribution in [3.05, 3.63) is 114 Å². The molecule has 36 heavy (non-hydrogen) atoms. The number of amides is 1. The first-order valence-corrected chi connectivity index (χ1v) is 11.9. The van der Waals surface area contributed by atoms with E-state index in [2.05, 4.69) is 9.88 Å². The van der Waals surface area contributed by atoms with Crippen molar-refractivity contribution in [2.24, 2.45) is 0 Å². The summed E-state index contributed by atoms with van der Waals surface area (Å²) in [5, 5.41) is 29.7. The number of piperazine rings is 1. The predicted octanol–water partition coefficient (Wildman–Crippen LogP) is 4.34. The molecular formula is C29H27N3O4. The van der Waals surface area contributed by atoms with Crippen LogP contribution in [-0.2, 0) is 0 Å². The number of para-hydroxylation sites is 2. The van der Waals surface area contributed by atoms with Gasteiger partial charge in [-0.3, -0.25) is 9.78 Å². The maximum atomic E-state index is 13.4. The van der Waals surface area contributed by atoms with Crippen LogP contribution in [0.1, 0.15) is 33.1 Å². The van der Waals surface area contributed by atoms with Crippen LogP contribution >= 0.6 is 0 Å². The van der Waals surface area contributed by atoms with Gasteiger partial charge >= 0.3 is 0 Å². The van der Waals surface area contributed by atoms with E-state index < -0.39 is 0 Å². The Kier molecular flexibility index (Phi) is 6.45. The molecule has 0 bridgehead atoms. The summed E-state index contributed by atoms with van der Waals surface area (Å²) >= 11 is 0. The molecule has 3 N–H and O–H groups in total. The summed E-state index contributed by atoms with van der Waals surface area (Å²) in [5.74, 6) is 0.235. The summed E-state index contributed by atoms with van der Waals surface area (Å²) < 4.78 is 0. The Morgan fingerprint density at radius 3 is 1.92 bits per heavy atom. The van der Waals surface area contributed by atoms with E-state index in [1.54, 1.807) is 48.7 Å². The molecule has 7 nitrogen and oxygen atoms in total. The van der Waals surface area contributed by atoms with Gasteiger partial charge in [0.1, 0.15) is 17.2 Å². The van der Waals surface area contributed by atoms with Gasteiger partial charge in [0.25, 0.3) is 5.91 Å². The number of rotatable bonds is 5. The van der Waals surface area contributed by atoms with Crippen LogP contribution in [0.25, 0.3) is 0 Å². The van der Waals surface area contributed by atoms with E-state index in [4.69, 9.17) is 0 Å². The second-order valence-electron chi connectivity index (χ2n) is 8.85. The Balaban J connectivity index is 1.39. The average Bonchev–Trinajstić information content (AvgIpc) is 2.91. The molecule has 1 fully saturated rings. The van der Waals surface area contributed by atoms with Gasteiger partial charge in [-0.15, -0.1) is 0 Å². The molecule has 5 rings (SSSR count). The van der Waals surface area contributed by atoms with Crippen molar-refractivity contribution >= 4 is 11.6 Å². The van der Waals surface area contributed by atoms with E-state index in [1.807, 2.05) is 47.4 Å². The van der Waals surface area contributed by atoms with Crippen molar-refractivity contribution in [3.8, 4) is 17.2 Å². The molecule has 0 spiro atoms. The third kappa shape index (κ3) is 4.81. The van der Waals surface area contributed by atoms with Gasteiger partial charge in [0.2, 0.25) is 0 Å². The molecule has 0 saturated carbocycles. The Morgan fingerprint density at radius 2 is 1.33 bits per heavy atom. The van der Waals surface area contributed by atoms with Crippen molar-refractivity contribution in [1.82, 2.24) is 9.88 Å². The molecule has 0 unspecified atom stereocenters. The van der Waals surface area contributed by atoms with Gasteiger partial charge in [-0.1, -0.05) is 36.4 Å². The number of anilines is 1. The lowest BCUT2D eigenvalue weighted by molar-refractivity contribution is 0.0746. The number of carbonyl (C=O) groups is 1. The largest absolute Gasteiger partial charge is 0.508 e. The number of nitrogens with zero attached hydrogens (tertiary/aromatic N) is 3. The van der Waals surface area contributed by atoms with Crippen molar-refractivity contribution in [3.63, 3.8) is 0 Å². The summed E-state index contributed by atoms with van der Waals surface area (Å²) in [6.45, 7) is 2.35. The Hall–Kier alpha value is -4.52. The molecule has 1 aromatic heterocycles. The monoisotopic (exact) mass is 481 g/mol. The number of aromatic nitrogens is 1. The van der Waals surface area contributed by atoms with E-state index in [1.165, 1.54) is 0 Å². The van der Waals surface area contributed by atoms with Gasteiger partial charge in [-0.05, 0) is 59.7 Å². The third-order valence-corrected chi connectivity index (χ3v) is 6.57. The highest BCUT2D eigenvalue weighted by Crippen LogP contribution is 2.33. The second-order valence-corrected chi connectivity index (χ2v) is 8.85. The van der Waals surface area contributed by atoms with Crippen LogP contribution in [0.15, 0.2) is 91.1 Å². The Bertz CT molecular complexity index is 1300. The van der Waals surface area contributed by atoms with E-state index >= 15 is 0 Å². The first kappa shape index (κ1) is 23.2. The summed E-state index contributed by atoms with van der Waals surface area (Å²) in [7, 11) is 0.